The number of hydrogen-bond acceptors (Lipinski definition) is 5. The van der Waals surface area contributed by atoms with Gasteiger partial charge in [0.2, 0.25) is 10.0 Å². The minimum atomic E-state index is -3.60. The topological polar surface area (TPSA) is 59.1 Å². The molecule has 0 aromatic heterocycles. The van der Waals surface area contributed by atoms with E-state index in [0.717, 1.165) is 5.69 Å². The second kappa shape index (κ2) is 7.05. The van der Waals surface area contributed by atoms with Gasteiger partial charge in [0, 0.05) is 36.9 Å². The maximum atomic E-state index is 13.2. The highest BCUT2D eigenvalue weighted by Crippen LogP contribution is 2.34. The molecule has 2 heterocycles. The molecule has 2 unspecified atom stereocenters. The summed E-state index contributed by atoms with van der Waals surface area (Å²) in [5, 5.41) is 0. The van der Waals surface area contributed by atoms with Crippen LogP contribution in [0.5, 0.6) is 11.5 Å². The van der Waals surface area contributed by atoms with E-state index in [0.29, 0.717) is 37.8 Å². The summed E-state index contributed by atoms with van der Waals surface area (Å²) >= 11 is 0. The van der Waals surface area contributed by atoms with Crippen molar-refractivity contribution in [3.8, 4) is 11.5 Å². The van der Waals surface area contributed by atoms with E-state index >= 15 is 0 Å². The summed E-state index contributed by atoms with van der Waals surface area (Å²) in [6.45, 7) is 5.92. The van der Waals surface area contributed by atoms with Crippen LogP contribution in [0.2, 0.25) is 0 Å². The number of anilines is 1. The van der Waals surface area contributed by atoms with E-state index in [2.05, 4.69) is 30.9 Å². The van der Waals surface area contributed by atoms with E-state index in [1.165, 1.54) is 0 Å². The van der Waals surface area contributed by atoms with E-state index < -0.39 is 10.0 Å². The average Bonchev–Trinajstić information content (AvgIpc) is 2.68. The minimum Gasteiger partial charge on any atom is -0.486 e. The van der Waals surface area contributed by atoms with Crippen LogP contribution in [-0.4, -0.2) is 51.1 Å². The summed E-state index contributed by atoms with van der Waals surface area (Å²) in [6, 6.07) is 15.1. The number of fused-ring (bicyclic) bond motifs is 1. The first-order valence-electron chi connectivity index (χ1n) is 9.20. The molecule has 2 aliphatic rings. The van der Waals surface area contributed by atoms with Crippen molar-refractivity contribution >= 4 is 15.7 Å². The van der Waals surface area contributed by atoms with Gasteiger partial charge in [-0.05, 0) is 38.1 Å². The Bertz CT molecular complexity index is 905. The highest BCUT2D eigenvalue weighted by molar-refractivity contribution is 7.89. The third kappa shape index (κ3) is 3.37. The maximum Gasteiger partial charge on any atom is 0.243 e. The summed E-state index contributed by atoms with van der Waals surface area (Å²) in [6.07, 6.45) is 0. The van der Waals surface area contributed by atoms with Gasteiger partial charge >= 0.3 is 0 Å². The second-order valence-electron chi connectivity index (χ2n) is 7.07. The minimum absolute atomic E-state index is 0.0723. The zero-order valence-electron chi connectivity index (χ0n) is 15.5. The third-order valence-electron chi connectivity index (χ3n) is 5.09. The molecular formula is C20H24N2O4S. The van der Waals surface area contributed by atoms with Crippen molar-refractivity contribution in [3.05, 3.63) is 48.5 Å². The molecule has 27 heavy (non-hydrogen) atoms. The largest absolute Gasteiger partial charge is 0.486 e. The normalized spacial score (nSPS) is 23.3. The highest BCUT2D eigenvalue weighted by atomic mass is 32.2. The molecule has 2 aromatic rings. The lowest BCUT2D eigenvalue weighted by molar-refractivity contribution is 0.171. The maximum absolute atomic E-state index is 13.2. The number of benzene rings is 2. The molecule has 144 valence electrons. The molecule has 0 spiro atoms. The summed E-state index contributed by atoms with van der Waals surface area (Å²) in [4.78, 5) is 2.54. The third-order valence-corrected chi connectivity index (χ3v) is 6.92. The lowest BCUT2D eigenvalue weighted by atomic mass is 10.1. The molecule has 0 aliphatic carbocycles. The Hall–Kier alpha value is -2.25. The predicted molar refractivity (Wildman–Crippen MR) is 104 cm³/mol. The molecular weight excluding hydrogens is 364 g/mol. The molecule has 0 amide bonds. The quantitative estimate of drug-likeness (QED) is 0.809. The van der Waals surface area contributed by atoms with Crippen LogP contribution in [0.4, 0.5) is 5.69 Å². The van der Waals surface area contributed by atoms with Crippen molar-refractivity contribution in [2.45, 2.75) is 30.8 Å². The Kier molecular flexibility index (Phi) is 4.74. The fraction of sp³-hybridized carbons (Fsp3) is 0.400. The van der Waals surface area contributed by atoms with Crippen LogP contribution in [0, 0.1) is 0 Å². The van der Waals surface area contributed by atoms with Crippen molar-refractivity contribution < 1.29 is 17.9 Å². The van der Waals surface area contributed by atoms with Crippen molar-refractivity contribution in [3.63, 3.8) is 0 Å². The van der Waals surface area contributed by atoms with Crippen molar-refractivity contribution in [1.82, 2.24) is 4.31 Å². The number of piperazine rings is 1. The number of hydrogen-bond donors (Lipinski definition) is 0. The molecule has 2 atom stereocenters. The monoisotopic (exact) mass is 388 g/mol. The number of nitrogens with zero attached hydrogens (tertiary/aromatic N) is 2. The van der Waals surface area contributed by atoms with Crippen LogP contribution in [0.15, 0.2) is 53.4 Å². The van der Waals surface area contributed by atoms with Crippen molar-refractivity contribution in [2.24, 2.45) is 0 Å². The molecule has 1 saturated heterocycles. The van der Waals surface area contributed by atoms with Gasteiger partial charge in [-0.1, -0.05) is 18.2 Å². The predicted octanol–water partition coefficient (Wildman–Crippen LogP) is 2.75. The summed E-state index contributed by atoms with van der Waals surface area (Å²) in [5.74, 6) is 1.09. The van der Waals surface area contributed by atoms with Gasteiger partial charge in [0.15, 0.2) is 11.5 Å². The molecule has 1 fully saturated rings. The van der Waals surface area contributed by atoms with E-state index in [1.54, 1.807) is 22.5 Å². The average molecular weight is 388 g/mol. The zero-order valence-corrected chi connectivity index (χ0v) is 16.4. The number of sulfonamides is 1. The van der Waals surface area contributed by atoms with Crippen LogP contribution in [0.1, 0.15) is 13.8 Å². The Morgan fingerprint density at radius 2 is 1.52 bits per heavy atom. The Morgan fingerprint density at radius 3 is 2.19 bits per heavy atom. The Morgan fingerprint density at radius 1 is 0.889 bits per heavy atom. The first-order chi connectivity index (χ1) is 13.0. The zero-order chi connectivity index (χ0) is 19.0. The van der Waals surface area contributed by atoms with Crippen molar-refractivity contribution in [1.29, 1.82) is 0 Å². The molecule has 0 bridgehead atoms. The molecule has 4 rings (SSSR count). The van der Waals surface area contributed by atoms with E-state index in [4.69, 9.17) is 9.47 Å². The first-order valence-corrected chi connectivity index (χ1v) is 10.6. The van der Waals surface area contributed by atoms with Crippen LogP contribution in [-0.2, 0) is 10.0 Å². The summed E-state index contributed by atoms with van der Waals surface area (Å²) in [7, 11) is -3.60. The van der Waals surface area contributed by atoms with Crippen LogP contribution < -0.4 is 14.4 Å². The lowest BCUT2D eigenvalue weighted by Crippen LogP contribution is -2.58. The molecule has 0 saturated carbocycles. The second-order valence-corrected chi connectivity index (χ2v) is 9.01. The van der Waals surface area contributed by atoms with Gasteiger partial charge in [0.05, 0.1) is 4.90 Å². The lowest BCUT2D eigenvalue weighted by Gasteiger charge is -2.45. The van der Waals surface area contributed by atoms with Crippen molar-refractivity contribution in [2.75, 3.05) is 31.2 Å². The number of rotatable bonds is 3. The molecule has 0 radical (unpaired) electrons. The van der Waals surface area contributed by atoms with Gasteiger partial charge in [0.1, 0.15) is 13.2 Å². The highest BCUT2D eigenvalue weighted by Gasteiger charge is 2.36. The van der Waals surface area contributed by atoms with E-state index in [9.17, 15) is 8.42 Å². The molecule has 2 aliphatic heterocycles. The fourth-order valence-corrected chi connectivity index (χ4v) is 5.53. The van der Waals surface area contributed by atoms with E-state index in [-0.39, 0.29) is 17.0 Å². The summed E-state index contributed by atoms with van der Waals surface area (Å²) in [5.41, 5.74) is 1.12. The van der Waals surface area contributed by atoms with Crippen LogP contribution in [0.3, 0.4) is 0 Å². The van der Waals surface area contributed by atoms with Crippen LogP contribution in [0.25, 0.3) is 0 Å². The number of ether oxygens (including phenoxy) is 2. The number of para-hydroxylation sites is 1. The van der Waals surface area contributed by atoms with Gasteiger partial charge in [0.25, 0.3) is 0 Å². The van der Waals surface area contributed by atoms with Gasteiger partial charge in [-0.25, -0.2) is 8.42 Å². The SMILES string of the molecule is CC1CN(S(=O)(=O)c2ccc3c(c2)OCCO3)CC(C)N1c1ccccc1. The Balaban J connectivity index is 1.59. The first kappa shape index (κ1) is 18.1. The molecule has 7 heteroatoms. The summed E-state index contributed by atoms with van der Waals surface area (Å²) < 4.78 is 39.1. The molecule has 0 N–H and O–H groups in total. The smallest absolute Gasteiger partial charge is 0.243 e. The van der Waals surface area contributed by atoms with Crippen LogP contribution >= 0.6 is 0 Å². The van der Waals surface area contributed by atoms with Gasteiger partial charge < -0.3 is 14.4 Å². The van der Waals surface area contributed by atoms with E-state index in [1.807, 2.05) is 18.2 Å². The van der Waals surface area contributed by atoms with Gasteiger partial charge in [-0.15, -0.1) is 0 Å². The standard InChI is InChI=1S/C20H24N2O4S/c1-15-13-21(14-16(2)22(15)17-6-4-3-5-7-17)27(23,24)18-8-9-19-20(12-18)26-11-10-25-19/h3-9,12,15-16H,10-11,13-14H2,1-2H3. The molecule has 6 nitrogen and oxygen atoms in total. The fourth-order valence-electron chi connectivity index (χ4n) is 3.91. The Labute approximate surface area is 160 Å². The van der Waals surface area contributed by atoms with Gasteiger partial charge in [-0.2, -0.15) is 4.31 Å². The molecule has 2 aromatic carbocycles. The van der Waals surface area contributed by atoms with Gasteiger partial charge in [-0.3, -0.25) is 0 Å².